The van der Waals surface area contributed by atoms with Crippen molar-refractivity contribution in [2.24, 2.45) is 0 Å². The molecule has 4 rings (SSSR count). The number of hydrogen-bond donors (Lipinski definition) is 1. The van der Waals surface area contributed by atoms with Gasteiger partial charge in [0.15, 0.2) is 5.82 Å². The van der Waals surface area contributed by atoms with Gasteiger partial charge in [-0.25, -0.2) is 9.97 Å². The van der Waals surface area contributed by atoms with E-state index in [1.807, 2.05) is 12.1 Å². The fourth-order valence-electron chi connectivity index (χ4n) is 2.78. The van der Waals surface area contributed by atoms with Crippen LogP contribution in [0.5, 0.6) is 0 Å². The van der Waals surface area contributed by atoms with Crippen molar-refractivity contribution in [1.82, 2.24) is 15.0 Å². The van der Waals surface area contributed by atoms with Crippen LogP contribution in [0.2, 0.25) is 0 Å². The van der Waals surface area contributed by atoms with Crippen LogP contribution in [0.3, 0.4) is 0 Å². The Bertz CT molecular complexity index is 1000. The second-order valence-corrected chi connectivity index (χ2v) is 7.64. The number of rotatable bonds is 6. The van der Waals surface area contributed by atoms with Gasteiger partial charge in [0, 0.05) is 29.9 Å². The first-order chi connectivity index (χ1) is 12.8. The summed E-state index contributed by atoms with van der Waals surface area (Å²) in [5.74, 6) is 1.61. The van der Waals surface area contributed by atoms with Crippen LogP contribution in [-0.4, -0.2) is 21.5 Å². The number of nitrogens with one attached hydrogen (secondary N) is 1. The van der Waals surface area contributed by atoms with Crippen LogP contribution in [0.1, 0.15) is 12.0 Å². The van der Waals surface area contributed by atoms with Crippen molar-refractivity contribution < 1.29 is 0 Å². The van der Waals surface area contributed by atoms with Gasteiger partial charge in [-0.05, 0) is 46.5 Å². The Labute approximate surface area is 164 Å². The molecule has 1 aromatic carbocycles. The third-order valence-electron chi connectivity index (χ3n) is 4.09. The van der Waals surface area contributed by atoms with Crippen molar-refractivity contribution in [1.29, 1.82) is 0 Å². The minimum atomic E-state index is 0.713. The molecule has 0 saturated carbocycles. The highest BCUT2D eigenvalue weighted by Gasteiger charge is 2.13. The molecular weight excluding hydrogens is 408 g/mol. The van der Waals surface area contributed by atoms with Crippen LogP contribution in [-0.2, 0) is 6.42 Å². The van der Waals surface area contributed by atoms with E-state index in [0.29, 0.717) is 5.82 Å². The Morgan fingerprint density at radius 3 is 2.62 bits per heavy atom. The van der Waals surface area contributed by atoms with Gasteiger partial charge in [-0.1, -0.05) is 30.3 Å². The van der Waals surface area contributed by atoms with E-state index in [1.165, 1.54) is 5.56 Å². The third-order valence-corrected chi connectivity index (χ3v) is 5.97. The lowest BCUT2D eigenvalue weighted by Crippen LogP contribution is -2.06. The first-order valence-corrected chi connectivity index (χ1v) is 10.1. The Hall–Kier alpha value is -2.31. The Morgan fingerprint density at radius 1 is 1.00 bits per heavy atom. The molecule has 26 heavy (non-hydrogen) atoms. The van der Waals surface area contributed by atoms with E-state index >= 15 is 0 Å². The minimum absolute atomic E-state index is 0.713. The molecule has 3 heterocycles. The second-order valence-electron chi connectivity index (χ2n) is 5.91. The third kappa shape index (κ3) is 3.76. The molecule has 0 aliphatic carbocycles. The van der Waals surface area contributed by atoms with Gasteiger partial charge in [0.2, 0.25) is 0 Å². The molecule has 3 aromatic heterocycles. The summed E-state index contributed by atoms with van der Waals surface area (Å²) in [6.45, 7) is 0.867. The first-order valence-electron chi connectivity index (χ1n) is 8.44. The summed E-state index contributed by atoms with van der Waals surface area (Å²) in [5.41, 5.74) is 3.27. The average Bonchev–Trinajstić information content (AvgIpc) is 3.08. The van der Waals surface area contributed by atoms with Crippen molar-refractivity contribution in [2.75, 3.05) is 11.9 Å². The van der Waals surface area contributed by atoms with Crippen molar-refractivity contribution in [3.63, 3.8) is 0 Å². The highest BCUT2D eigenvalue weighted by molar-refractivity contribution is 9.10. The van der Waals surface area contributed by atoms with Gasteiger partial charge >= 0.3 is 0 Å². The quantitative estimate of drug-likeness (QED) is 0.411. The number of nitrogens with zero attached hydrogens (tertiary/aromatic N) is 3. The molecule has 0 fully saturated rings. The number of halogens is 1. The topological polar surface area (TPSA) is 50.7 Å². The van der Waals surface area contributed by atoms with E-state index in [0.717, 1.165) is 45.5 Å². The van der Waals surface area contributed by atoms with E-state index in [9.17, 15) is 0 Å². The lowest BCUT2D eigenvalue weighted by molar-refractivity contribution is 0.860. The van der Waals surface area contributed by atoms with E-state index < -0.39 is 0 Å². The smallest absolute Gasteiger partial charge is 0.162 e. The molecule has 0 spiro atoms. The number of thiophene rings is 1. The van der Waals surface area contributed by atoms with Crippen LogP contribution in [0.25, 0.3) is 21.6 Å². The Kier molecular flexibility index (Phi) is 5.22. The Morgan fingerprint density at radius 2 is 1.81 bits per heavy atom. The zero-order valence-electron chi connectivity index (χ0n) is 14.0. The summed E-state index contributed by atoms with van der Waals surface area (Å²) in [6, 6.07) is 14.4. The van der Waals surface area contributed by atoms with E-state index in [2.05, 4.69) is 61.9 Å². The molecule has 0 atom stereocenters. The van der Waals surface area contributed by atoms with E-state index in [1.54, 1.807) is 23.7 Å². The maximum atomic E-state index is 4.77. The summed E-state index contributed by atoms with van der Waals surface area (Å²) in [5, 5.41) is 5.56. The van der Waals surface area contributed by atoms with Gasteiger partial charge in [0.05, 0.1) is 9.17 Å². The molecule has 0 unspecified atom stereocenters. The molecule has 0 aliphatic heterocycles. The summed E-state index contributed by atoms with van der Waals surface area (Å²) in [7, 11) is 0. The van der Waals surface area contributed by atoms with Crippen molar-refractivity contribution >= 4 is 43.3 Å². The maximum Gasteiger partial charge on any atom is 0.162 e. The minimum Gasteiger partial charge on any atom is -0.369 e. The van der Waals surface area contributed by atoms with Crippen LogP contribution in [0, 0.1) is 0 Å². The van der Waals surface area contributed by atoms with Gasteiger partial charge in [0.1, 0.15) is 11.3 Å². The standard InChI is InChI=1S/C20H17BrN4S/c21-16-13-26-18-17(16)24-19(15-8-11-22-12-9-15)25-20(18)23-10-4-7-14-5-2-1-3-6-14/h1-3,5-6,8-9,11-13H,4,7,10H2,(H,23,24,25). The zero-order chi connectivity index (χ0) is 17.8. The van der Waals surface area contributed by atoms with Crippen LogP contribution < -0.4 is 5.32 Å². The average molecular weight is 425 g/mol. The summed E-state index contributed by atoms with van der Waals surface area (Å²) in [4.78, 5) is 13.6. The molecule has 0 saturated heterocycles. The number of benzene rings is 1. The van der Waals surface area contributed by atoms with Crippen molar-refractivity contribution in [3.8, 4) is 11.4 Å². The van der Waals surface area contributed by atoms with Crippen molar-refractivity contribution in [3.05, 3.63) is 70.3 Å². The molecule has 6 heteroatoms. The largest absolute Gasteiger partial charge is 0.369 e. The molecule has 0 bridgehead atoms. The summed E-state index contributed by atoms with van der Waals surface area (Å²) >= 11 is 5.25. The monoisotopic (exact) mass is 424 g/mol. The molecular formula is C20H17BrN4S. The highest BCUT2D eigenvalue weighted by atomic mass is 79.9. The number of pyridine rings is 1. The van der Waals surface area contributed by atoms with Gasteiger partial charge in [-0.2, -0.15) is 0 Å². The van der Waals surface area contributed by atoms with Crippen LogP contribution >= 0.6 is 27.3 Å². The predicted octanol–water partition coefficient (Wildman–Crippen LogP) is 5.56. The van der Waals surface area contributed by atoms with Gasteiger partial charge < -0.3 is 5.32 Å². The molecule has 0 amide bonds. The molecule has 4 aromatic rings. The number of aromatic nitrogens is 3. The molecule has 4 nitrogen and oxygen atoms in total. The van der Waals surface area contributed by atoms with Gasteiger partial charge in [-0.3, -0.25) is 4.98 Å². The van der Waals surface area contributed by atoms with Gasteiger partial charge in [-0.15, -0.1) is 11.3 Å². The molecule has 0 aliphatic rings. The number of hydrogen-bond acceptors (Lipinski definition) is 5. The highest BCUT2D eigenvalue weighted by Crippen LogP contribution is 2.34. The van der Waals surface area contributed by atoms with Crippen LogP contribution in [0.15, 0.2) is 64.7 Å². The molecule has 1 N–H and O–H groups in total. The maximum absolute atomic E-state index is 4.77. The van der Waals surface area contributed by atoms with Crippen molar-refractivity contribution in [2.45, 2.75) is 12.8 Å². The first kappa shape index (κ1) is 17.1. The number of anilines is 1. The lowest BCUT2D eigenvalue weighted by atomic mass is 10.1. The normalized spacial score (nSPS) is 11.0. The molecule has 130 valence electrons. The SMILES string of the molecule is Brc1csc2c(NCCCc3ccccc3)nc(-c3ccncc3)nc12. The van der Waals surface area contributed by atoms with Gasteiger partial charge in [0.25, 0.3) is 0 Å². The molecule has 0 radical (unpaired) electrons. The van der Waals surface area contributed by atoms with E-state index in [4.69, 9.17) is 9.97 Å². The van der Waals surface area contributed by atoms with Crippen LogP contribution in [0.4, 0.5) is 5.82 Å². The second kappa shape index (κ2) is 7.93. The number of aryl methyl sites for hydroxylation is 1. The Balaban J connectivity index is 1.55. The summed E-state index contributed by atoms with van der Waals surface area (Å²) in [6.07, 6.45) is 5.62. The number of fused-ring (bicyclic) bond motifs is 1. The lowest BCUT2D eigenvalue weighted by Gasteiger charge is -2.09. The van der Waals surface area contributed by atoms with E-state index in [-0.39, 0.29) is 0 Å². The zero-order valence-corrected chi connectivity index (χ0v) is 16.4. The predicted molar refractivity (Wildman–Crippen MR) is 112 cm³/mol. The summed E-state index contributed by atoms with van der Waals surface area (Å²) < 4.78 is 2.08. The fraction of sp³-hybridized carbons (Fsp3) is 0.150. The fourth-order valence-corrected chi connectivity index (χ4v) is 4.31.